The van der Waals surface area contributed by atoms with E-state index in [9.17, 15) is 15.3 Å². The zero-order chi connectivity index (χ0) is 28.2. The molecule has 2 aromatic heterocycles. The average molecular weight is 551 g/mol. The predicted octanol–water partition coefficient (Wildman–Crippen LogP) is 1.03. The van der Waals surface area contributed by atoms with Gasteiger partial charge in [0, 0.05) is 25.8 Å². The molecule has 0 bridgehead atoms. The predicted molar refractivity (Wildman–Crippen MR) is 150 cm³/mol. The summed E-state index contributed by atoms with van der Waals surface area (Å²) in [6.07, 6.45) is -2.76. The number of fused-ring (bicyclic) bond motifs is 1. The van der Waals surface area contributed by atoms with E-state index in [-0.39, 0.29) is 12.0 Å². The molecule has 13 heteroatoms. The molecule has 0 radical (unpaired) electrons. The number of nitrogen functional groups attached to an aromatic ring is 1. The third kappa shape index (κ3) is 5.56. The summed E-state index contributed by atoms with van der Waals surface area (Å²) in [6.45, 7) is 0.465. The molecule has 0 aliphatic carbocycles. The molecule has 13 nitrogen and oxygen atoms in total. The van der Waals surface area contributed by atoms with Gasteiger partial charge in [0.15, 0.2) is 23.2 Å². The number of hydrogen-bond acceptors (Lipinski definition) is 12. The van der Waals surface area contributed by atoms with Gasteiger partial charge < -0.3 is 46.9 Å². The van der Waals surface area contributed by atoms with Crippen LogP contribution in [0.3, 0.4) is 0 Å². The van der Waals surface area contributed by atoms with Crippen LogP contribution < -0.4 is 22.1 Å². The molecule has 0 spiro atoms. The molecule has 0 amide bonds. The second kappa shape index (κ2) is 12.1. The van der Waals surface area contributed by atoms with Gasteiger partial charge in [-0.1, -0.05) is 36.4 Å². The maximum atomic E-state index is 10.7. The average Bonchev–Trinajstić information content (AvgIpc) is 3.49. The van der Waals surface area contributed by atoms with Crippen molar-refractivity contribution in [2.75, 3.05) is 36.6 Å². The van der Waals surface area contributed by atoms with E-state index in [1.807, 2.05) is 42.5 Å². The number of rotatable bonds is 11. The molecule has 4 aromatic rings. The van der Waals surface area contributed by atoms with E-state index in [1.54, 1.807) is 7.11 Å². The van der Waals surface area contributed by atoms with Crippen molar-refractivity contribution < 1.29 is 24.8 Å². The van der Waals surface area contributed by atoms with Gasteiger partial charge in [0.1, 0.15) is 30.9 Å². The minimum absolute atomic E-state index is 0.159. The van der Waals surface area contributed by atoms with Gasteiger partial charge in [-0.25, -0.2) is 15.0 Å². The lowest BCUT2D eigenvalue weighted by Crippen LogP contribution is -2.33. The van der Waals surface area contributed by atoms with Crippen molar-refractivity contribution in [1.82, 2.24) is 19.5 Å². The first kappa shape index (κ1) is 27.7. The zero-order valence-corrected chi connectivity index (χ0v) is 22.0. The van der Waals surface area contributed by atoms with Crippen LogP contribution in [0, 0.1) is 0 Å². The molecule has 1 fully saturated rings. The number of imidazole rings is 1. The van der Waals surface area contributed by atoms with E-state index in [0.717, 1.165) is 22.4 Å². The fourth-order valence-corrected chi connectivity index (χ4v) is 4.76. The first-order chi connectivity index (χ1) is 19.4. The maximum absolute atomic E-state index is 10.7. The van der Waals surface area contributed by atoms with Crippen molar-refractivity contribution in [3.63, 3.8) is 0 Å². The molecule has 1 aliphatic rings. The fourth-order valence-electron chi connectivity index (χ4n) is 4.76. The maximum Gasteiger partial charge on any atom is 0.207 e. The lowest BCUT2D eigenvalue weighted by Gasteiger charge is -2.20. The summed E-state index contributed by atoms with van der Waals surface area (Å²) in [5, 5.41) is 37.1. The van der Waals surface area contributed by atoms with Crippen molar-refractivity contribution >= 4 is 28.6 Å². The van der Waals surface area contributed by atoms with E-state index in [2.05, 4.69) is 31.7 Å². The van der Waals surface area contributed by atoms with Crippen molar-refractivity contribution in [1.29, 1.82) is 0 Å². The van der Waals surface area contributed by atoms with E-state index >= 15 is 0 Å². The molecule has 1 saturated heterocycles. The topological polar surface area (TPSA) is 199 Å². The minimum Gasteiger partial charge on any atom is -0.394 e. The Morgan fingerprint density at radius 3 is 2.60 bits per heavy atom. The van der Waals surface area contributed by atoms with Crippen molar-refractivity contribution in [3.05, 3.63) is 60.4 Å². The van der Waals surface area contributed by atoms with Crippen LogP contribution >= 0.6 is 0 Å². The molecule has 3 heterocycles. The van der Waals surface area contributed by atoms with Gasteiger partial charge in [-0.15, -0.1) is 0 Å². The molecular formula is C27H34N8O5. The Bertz CT molecular complexity index is 1430. The molecular weight excluding hydrogens is 516 g/mol. The van der Waals surface area contributed by atoms with Crippen molar-refractivity contribution in [2.24, 2.45) is 5.73 Å². The highest BCUT2D eigenvalue weighted by atomic mass is 16.6. The molecule has 9 N–H and O–H groups in total. The van der Waals surface area contributed by atoms with Gasteiger partial charge in [0.2, 0.25) is 5.95 Å². The van der Waals surface area contributed by atoms with Crippen LogP contribution in [-0.4, -0.2) is 79.6 Å². The number of aromatic nitrogens is 4. The highest BCUT2D eigenvalue weighted by Gasteiger charge is 2.45. The summed E-state index contributed by atoms with van der Waals surface area (Å²) < 4.78 is 12.7. The van der Waals surface area contributed by atoms with Crippen LogP contribution in [0.1, 0.15) is 18.2 Å². The van der Waals surface area contributed by atoms with Gasteiger partial charge in [0.25, 0.3) is 0 Å². The number of nitrogens with zero attached hydrogens (tertiary/aromatic N) is 4. The van der Waals surface area contributed by atoms with Crippen LogP contribution in [-0.2, 0) is 16.0 Å². The van der Waals surface area contributed by atoms with E-state index < -0.39 is 31.1 Å². The number of aliphatic hydroxyl groups is 3. The smallest absolute Gasteiger partial charge is 0.207 e. The van der Waals surface area contributed by atoms with Crippen LogP contribution in [0.2, 0.25) is 0 Å². The lowest BCUT2D eigenvalue weighted by molar-refractivity contribution is -0.0501. The zero-order valence-electron chi connectivity index (χ0n) is 22.0. The highest BCUT2D eigenvalue weighted by Crippen LogP contribution is 2.35. The molecule has 1 unspecified atom stereocenters. The van der Waals surface area contributed by atoms with Crippen LogP contribution in [0.15, 0.2) is 54.9 Å². The fraction of sp³-hybridized carbons (Fsp3) is 0.370. The number of hydrogen-bond donors (Lipinski definition) is 7. The van der Waals surface area contributed by atoms with Gasteiger partial charge in [-0.2, -0.15) is 0 Å². The minimum atomic E-state index is -1.31. The normalized spacial score (nSPS) is 21.5. The molecule has 1 aliphatic heterocycles. The Balaban J connectivity index is 1.34. The summed E-state index contributed by atoms with van der Waals surface area (Å²) in [4.78, 5) is 12.8. The molecule has 5 atom stereocenters. The second-order valence-electron chi connectivity index (χ2n) is 9.54. The Morgan fingerprint density at radius 2 is 1.90 bits per heavy atom. The molecule has 0 saturated carbocycles. The summed E-state index contributed by atoms with van der Waals surface area (Å²) in [5.74, 6) is 0.490. The summed E-state index contributed by atoms with van der Waals surface area (Å²) in [5.41, 5.74) is 16.4. The lowest BCUT2D eigenvalue weighted by atomic mass is 10.0. The molecule has 40 heavy (non-hydrogen) atoms. The number of methoxy groups -OCH3 is 1. The number of nitrogens with two attached hydrogens (primary N) is 2. The largest absolute Gasteiger partial charge is 0.394 e. The van der Waals surface area contributed by atoms with Gasteiger partial charge in [-0.05, 0) is 35.4 Å². The number of aliphatic hydroxyl groups excluding tert-OH is 3. The third-order valence-electron chi connectivity index (χ3n) is 6.92. The number of benzene rings is 2. The van der Waals surface area contributed by atoms with Gasteiger partial charge in [-0.3, -0.25) is 4.57 Å². The van der Waals surface area contributed by atoms with E-state index in [1.165, 1.54) is 10.9 Å². The van der Waals surface area contributed by atoms with Crippen molar-refractivity contribution in [3.8, 4) is 11.1 Å². The summed E-state index contributed by atoms with van der Waals surface area (Å²) in [6, 6.07) is 16.1. The Kier molecular flexibility index (Phi) is 8.40. The van der Waals surface area contributed by atoms with E-state index in [0.29, 0.717) is 36.6 Å². The quantitative estimate of drug-likeness (QED) is 0.131. The SMILES string of the molecule is COC(CCN)Nc1cccc(-c2ccc(CNc3nc4c(N)ncnc4n3[C@@H]3O[C@H](CO)[C@@H](O)[C@H]3O)cc2)c1. The Hall–Kier alpha value is -3.85. The standard InChI is InChI=1S/C27H34N8O5/c1-39-20(9-10-28)33-18-4-2-3-17(11-18)16-7-5-15(6-8-16)12-30-27-34-21-24(29)31-14-32-25(21)35(27)26-23(38)22(37)19(13-36)40-26/h2-8,11,14,19-20,22-23,26,33,36-38H,9-10,12-13,28H2,1H3,(H,30,34)(H2,29,31,32)/t19-,20?,22-,23-,26-/m1/s1. The van der Waals surface area contributed by atoms with E-state index in [4.69, 9.17) is 20.9 Å². The van der Waals surface area contributed by atoms with Crippen LogP contribution in [0.25, 0.3) is 22.3 Å². The first-order valence-electron chi connectivity index (χ1n) is 13.0. The van der Waals surface area contributed by atoms with Crippen molar-refractivity contribution in [2.45, 2.75) is 43.7 Å². The Labute approximate surface area is 230 Å². The van der Waals surface area contributed by atoms with Gasteiger partial charge >= 0.3 is 0 Å². The second-order valence-corrected chi connectivity index (χ2v) is 9.54. The monoisotopic (exact) mass is 550 g/mol. The number of anilines is 3. The summed E-state index contributed by atoms with van der Waals surface area (Å²) >= 11 is 0. The van der Waals surface area contributed by atoms with Gasteiger partial charge in [0.05, 0.1) is 6.61 Å². The Morgan fingerprint density at radius 1 is 1.10 bits per heavy atom. The molecule has 2 aromatic carbocycles. The molecule has 212 valence electrons. The van der Waals surface area contributed by atoms with Crippen LogP contribution in [0.4, 0.5) is 17.5 Å². The number of ether oxygens (including phenoxy) is 2. The third-order valence-corrected chi connectivity index (χ3v) is 6.92. The first-order valence-corrected chi connectivity index (χ1v) is 13.0. The van der Waals surface area contributed by atoms with Crippen LogP contribution in [0.5, 0.6) is 0 Å². The number of nitrogens with one attached hydrogen (secondary N) is 2. The summed E-state index contributed by atoms with van der Waals surface area (Å²) in [7, 11) is 1.65. The molecule has 5 rings (SSSR count). The highest BCUT2D eigenvalue weighted by molar-refractivity contribution is 5.84.